The summed E-state index contributed by atoms with van der Waals surface area (Å²) in [7, 11) is 0. The highest BCUT2D eigenvalue weighted by atomic mass is 79.9. The minimum absolute atomic E-state index is 0.0764. The Balaban J connectivity index is 2.32. The van der Waals surface area contributed by atoms with Gasteiger partial charge in [-0.25, -0.2) is 0 Å². The number of carbonyl (C=O) groups is 1. The molecular formula is C16H22BrNO2. The fourth-order valence-corrected chi connectivity index (χ4v) is 3.26. The molecular weight excluding hydrogens is 318 g/mol. The van der Waals surface area contributed by atoms with Gasteiger partial charge >= 0.3 is 0 Å². The van der Waals surface area contributed by atoms with Crippen LogP contribution in [0.25, 0.3) is 0 Å². The molecule has 1 saturated carbocycles. The van der Waals surface area contributed by atoms with E-state index in [0.717, 1.165) is 47.0 Å². The predicted octanol–water partition coefficient (Wildman–Crippen LogP) is 3.72. The van der Waals surface area contributed by atoms with Crippen molar-refractivity contribution in [2.24, 2.45) is 0 Å². The van der Waals surface area contributed by atoms with Gasteiger partial charge in [-0.1, -0.05) is 15.9 Å². The molecule has 20 heavy (non-hydrogen) atoms. The molecule has 0 aliphatic heterocycles. The van der Waals surface area contributed by atoms with Gasteiger partial charge in [0.2, 0.25) is 5.91 Å². The number of hydrogen-bond acceptors (Lipinski definition) is 2. The Bertz CT molecular complexity index is 484. The van der Waals surface area contributed by atoms with E-state index in [0.29, 0.717) is 0 Å². The highest BCUT2D eigenvalue weighted by molar-refractivity contribution is 9.10. The van der Waals surface area contributed by atoms with Gasteiger partial charge in [0.15, 0.2) is 0 Å². The molecule has 0 unspecified atom stereocenters. The zero-order valence-electron chi connectivity index (χ0n) is 12.3. The molecule has 0 saturated heterocycles. The summed E-state index contributed by atoms with van der Waals surface area (Å²) in [5.74, 6) is 0.0764. The SMILES string of the molecule is CC(=O)N(c1cc(C)c(Br)c(C)c1)C1CCC(O)CC1. The zero-order valence-corrected chi connectivity index (χ0v) is 13.9. The summed E-state index contributed by atoms with van der Waals surface area (Å²) in [6.45, 7) is 5.71. The zero-order chi connectivity index (χ0) is 14.9. The van der Waals surface area contributed by atoms with Crippen LogP contribution in [0.4, 0.5) is 5.69 Å². The second-order valence-corrected chi connectivity index (χ2v) is 6.54. The Morgan fingerprint density at radius 1 is 1.20 bits per heavy atom. The first-order valence-electron chi connectivity index (χ1n) is 7.14. The lowest BCUT2D eigenvalue weighted by Crippen LogP contribution is -2.42. The third-order valence-electron chi connectivity index (χ3n) is 4.07. The lowest BCUT2D eigenvalue weighted by Gasteiger charge is -2.35. The Kier molecular flexibility index (Phi) is 4.86. The smallest absolute Gasteiger partial charge is 0.224 e. The molecule has 0 aromatic heterocycles. The van der Waals surface area contributed by atoms with Gasteiger partial charge in [0.05, 0.1) is 6.10 Å². The van der Waals surface area contributed by atoms with E-state index in [2.05, 4.69) is 28.1 Å². The topological polar surface area (TPSA) is 40.5 Å². The molecule has 1 aromatic carbocycles. The largest absolute Gasteiger partial charge is 0.393 e. The highest BCUT2D eigenvalue weighted by Crippen LogP contribution is 2.32. The van der Waals surface area contributed by atoms with E-state index in [4.69, 9.17) is 0 Å². The molecule has 3 nitrogen and oxygen atoms in total. The molecule has 1 fully saturated rings. The van der Waals surface area contributed by atoms with Crippen molar-refractivity contribution in [3.8, 4) is 0 Å². The maximum Gasteiger partial charge on any atom is 0.224 e. The first-order chi connectivity index (χ1) is 9.40. The van der Waals surface area contributed by atoms with Crippen LogP contribution in [0.5, 0.6) is 0 Å². The van der Waals surface area contributed by atoms with Crippen LogP contribution in [0.1, 0.15) is 43.7 Å². The standard InChI is InChI=1S/C16H22BrNO2/c1-10-8-14(9-11(2)16(10)17)18(12(3)19)13-4-6-15(20)7-5-13/h8-9,13,15,20H,4-7H2,1-3H3. The average molecular weight is 340 g/mol. The lowest BCUT2D eigenvalue weighted by atomic mass is 9.91. The number of anilines is 1. The number of nitrogens with zero attached hydrogens (tertiary/aromatic N) is 1. The Labute approximate surface area is 129 Å². The summed E-state index contributed by atoms with van der Waals surface area (Å²) in [6, 6.07) is 4.32. The summed E-state index contributed by atoms with van der Waals surface area (Å²) < 4.78 is 1.10. The van der Waals surface area contributed by atoms with E-state index in [1.807, 2.05) is 18.7 Å². The third kappa shape index (κ3) is 3.23. The number of benzene rings is 1. The molecule has 1 aliphatic carbocycles. The van der Waals surface area contributed by atoms with E-state index < -0.39 is 0 Å². The summed E-state index contributed by atoms with van der Waals surface area (Å²) >= 11 is 3.57. The minimum atomic E-state index is -0.201. The monoisotopic (exact) mass is 339 g/mol. The van der Waals surface area contributed by atoms with E-state index >= 15 is 0 Å². The van der Waals surface area contributed by atoms with Gasteiger partial charge in [-0.3, -0.25) is 4.79 Å². The average Bonchev–Trinajstić information content (AvgIpc) is 2.38. The molecule has 2 rings (SSSR count). The number of rotatable bonds is 2. The van der Waals surface area contributed by atoms with E-state index in [-0.39, 0.29) is 18.1 Å². The van der Waals surface area contributed by atoms with E-state index in [9.17, 15) is 9.90 Å². The molecule has 0 bridgehead atoms. The molecule has 1 aromatic rings. The Hall–Kier alpha value is -0.870. The van der Waals surface area contributed by atoms with Crippen molar-refractivity contribution < 1.29 is 9.90 Å². The Morgan fingerprint density at radius 2 is 1.70 bits per heavy atom. The van der Waals surface area contributed by atoms with Gasteiger partial charge in [0, 0.05) is 23.1 Å². The number of aliphatic hydroxyl groups is 1. The number of hydrogen-bond donors (Lipinski definition) is 1. The van der Waals surface area contributed by atoms with Gasteiger partial charge < -0.3 is 10.0 Å². The van der Waals surface area contributed by atoms with Gasteiger partial charge in [-0.15, -0.1) is 0 Å². The van der Waals surface area contributed by atoms with E-state index in [1.165, 1.54) is 0 Å². The Morgan fingerprint density at radius 3 is 2.15 bits per heavy atom. The molecule has 1 N–H and O–H groups in total. The van der Waals surface area contributed by atoms with Crippen LogP contribution >= 0.6 is 15.9 Å². The van der Waals surface area contributed by atoms with Crippen molar-refractivity contribution in [2.45, 2.75) is 58.6 Å². The van der Waals surface area contributed by atoms with Gasteiger partial charge in [0.1, 0.15) is 0 Å². The van der Waals surface area contributed by atoms with Crippen molar-refractivity contribution >= 4 is 27.5 Å². The minimum Gasteiger partial charge on any atom is -0.393 e. The maximum absolute atomic E-state index is 12.1. The number of amides is 1. The summed E-state index contributed by atoms with van der Waals surface area (Å²) in [6.07, 6.45) is 3.10. The quantitative estimate of drug-likeness (QED) is 0.891. The van der Waals surface area contributed by atoms with Gasteiger partial charge in [-0.2, -0.15) is 0 Å². The lowest BCUT2D eigenvalue weighted by molar-refractivity contribution is -0.117. The molecule has 1 amide bonds. The number of aryl methyl sites for hydroxylation is 2. The molecule has 0 heterocycles. The van der Waals surface area contributed by atoms with Crippen molar-refractivity contribution in [1.29, 1.82) is 0 Å². The number of halogens is 1. The first-order valence-corrected chi connectivity index (χ1v) is 7.94. The van der Waals surface area contributed by atoms with Crippen LogP contribution in [-0.4, -0.2) is 23.2 Å². The van der Waals surface area contributed by atoms with Crippen molar-refractivity contribution in [3.05, 3.63) is 27.7 Å². The molecule has 110 valence electrons. The molecule has 0 spiro atoms. The van der Waals surface area contributed by atoms with Gasteiger partial charge in [0.25, 0.3) is 0 Å². The van der Waals surface area contributed by atoms with Gasteiger partial charge in [-0.05, 0) is 62.8 Å². The fraction of sp³-hybridized carbons (Fsp3) is 0.562. The summed E-state index contributed by atoms with van der Waals surface area (Å²) in [5.41, 5.74) is 3.25. The van der Waals surface area contributed by atoms with Crippen molar-refractivity contribution in [1.82, 2.24) is 0 Å². The molecule has 4 heteroatoms. The van der Waals surface area contributed by atoms with Crippen LogP contribution in [-0.2, 0) is 4.79 Å². The number of aliphatic hydroxyl groups excluding tert-OH is 1. The van der Waals surface area contributed by atoms with E-state index in [1.54, 1.807) is 6.92 Å². The first kappa shape index (κ1) is 15.5. The second-order valence-electron chi connectivity index (χ2n) is 5.74. The summed E-state index contributed by atoms with van der Waals surface area (Å²) in [5, 5.41) is 9.63. The summed E-state index contributed by atoms with van der Waals surface area (Å²) in [4.78, 5) is 14.0. The predicted molar refractivity (Wildman–Crippen MR) is 85.0 cm³/mol. The van der Waals surface area contributed by atoms with Crippen molar-refractivity contribution in [2.75, 3.05) is 4.90 Å². The molecule has 0 atom stereocenters. The second kappa shape index (κ2) is 6.27. The highest BCUT2D eigenvalue weighted by Gasteiger charge is 2.28. The van der Waals surface area contributed by atoms with Crippen LogP contribution in [0.2, 0.25) is 0 Å². The molecule has 1 aliphatic rings. The number of carbonyl (C=O) groups excluding carboxylic acids is 1. The third-order valence-corrected chi connectivity index (χ3v) is 5.32. The van der Waals surface area contributed by atoms with Crippen LogP contribution in [0.3, 0.4) is 0 Å². The van der Waals surface area contributed by atoms with Crippen molar-refractivity contribution in [3.63, 3.8) is 0 Å². The fourth-order valence-electron chi connectivity index (χ4n) is 3.03. The molecule has 0 radical (unpaired) electrons. The maximum atomic E-state index is 12.1. The van der Waals surface area contributed by atoms with Crippen LogP contribution in [0.15, 0.2) is 16.6 Å². The normalized spacial score (nSPS) is 22.6. The van der Waals surface area contributed by atoms with Crippen LogP contribution in [0, 0.1) is 13.8 Å². The van der Waals surface area contributed by atoms with Crippen LogP contribution < -0.4 is 4.90 Å².